The van der Waals surface area contributed by atoms with E-state index in [4.69, 9.17) is 0 Å². The van der Waals surface area contributed by atoms with Crippen molar-refractivity contribution in [3.63, 3.8) is 0 Å². The van der Waals surface area contributed by atoms with Gasteiger partial charge in [-0.05, 0) is 29.2 Å². The van der Waals surface area contributed by atoms with Crippen LogP contribution in [0.15, 0.2) is 48.5 Å². The normalized spacial score (nSPS) is 16.5. The molecule has 0 saturated carbocycles. The van der Waals surface area contributed by atoms with Crippen molar-refractivity contribution in [2.45, 2.75) is 25.2 Å². The van der Waals surface area contributed by atoms with Crippen molar-refractivity contribution in [3.8, 4) is 0 Å². The molecule has 1 aliphatic heterocycles. The minimum atomic E-state index is -4.59. The standard InChI is InChI=1S/C18H16F3NO2/c19-18(20,21)15-8-4-3-7-14(15)16(17(23)24)22-10-9-12-5-1-2-6-13(12)11-22/h1-8,16H,9-11H2,(H,23,24). The van der Waals surface area contributed by atoms with Crippen molar-refractivity contribution in [1.29, 1.82) is 0 Å². The summed E-state index contributed by atoms with van der Waals surface area (Å²) < 4.78 is 39.8. The third-order valence-corrected chi connectivity index (χ3v) is 4.32. The van der Waals surface area contributed by atoms with Gasteiger partial charge in [-0.1, -0.05) is 42.5 Å². The highest BCUT2D eigenvalue weighted by molar-refractivity contribution is 5.76. The Kier molecular flexibility index (Phi) is 4.32. The van der Waals surface area contributed by atoms with Gasteiger partial charge in [0.15, 0.2) is 0 Å². The molecule has 126 valence electrons. The summed E-state index contributed by atoms with van der Waals surface area (Å²) in [4.78, 5) is 13.4. The van der Waals surface area contributed by atoms with Crippen LogP contribution in [0.1, 0.15) is 28.3 Å². The van der Waals surface area contributed by atoms with Crippen molar-refractivity contribution in [2.75, 3.05) is 6.54 Å². The molecule has 1 aliphatic rings. The average Bonchev–Trinajstić information content (AvgIpc) is 2.54. The molecular formula is C18H16F3NO2. The zero-order valence-corrected chi connectivity index (χ0v) is 12.8. The summed E-state index contributed by atoms with van der Waals surface area (Å²) in [6.45, 7) is 0.722. The zero-order chi connectivity index (χ0) is 17.3. The Morgan fingerprint density at radius 2 is 1.67 bits per heavy atom. The van der Waals surface area contributed by atoms with Crippen LogP contribution in [0, 0.1) is 0 Å². The lowest BCUT2D eigenvalue weighted by molar-refractivity contribution is -0.146. The third kappa shape index (κ3) is 3.14. The van der Waals surface area contributed by atoms with Crippen LogP contribution in [0.5, 0.6) is 0 Å². The molecule has 3 nitrogen and oxygen atoms in total. The first kappa shape index (κ1) is 16.5. The second-order valence-corrected chi connectivity index (χ2v) is 5.81. The van der Waals surface area contributed by atoms with Crippen LogP contribution in [-0.4, -0.2) is 22.5 Å². The first-order valence-corrected chi connectivity index (χ1v) is 7.57. The van der Waals surface area contributed by atoms with E-state index in [0.717, 1.165) is 17.2 Å². The maximum atomic E-state index is 13.3. The molecule has 3 rings (SSSR count). The predicted octanol–water partition coefficient (Wildman–Crippen LogP) is 3.89. The summed E-state index contributed by atoms with van der Waals surface area (Å²) in [6, 6.07) is 11.2. The van der Waals surface area contributed by atoms with Crippen molar-refractivity contribution in [2.24, 2.45) is 0 Å². The van der Waals surface area contributed by atoms with Gasteiger partial charge in [-0.3, -0.25) is 9.69 Å². The number of aliphatic carboxylic acids is 1. The molecule has 0 aromatic heterocycles. The number of benzene rings is 2. The number of alkyl halides is 3. The van der Waals surface area contributed by atoms with Crippen LogP contribution in [0.4, 0.5) is 13.2 Å². The van der Waals surface area contributed by atoms with Gasteiger partial charge in [0.05, 0.1) is 5.56 Å². The third-order valence-electron chi connectivity index (χ3n) is 4.32. The van der Waals surface area contributed by atoms with Crippen LogP contribution >= 0.6 is 0 Å². The van der Waals surface area contributed by atoms with E-state index in [1.165, 1.54) is 18.2 Å². The quantitative estimate of drug-likeness (QED) is 0.925. The van der Waals surface area contributed by atoms with Gasteiger partial charge in [0.1, 0.15) is 6.04 Å². The van der Waals surface area contributed by atoms with Gasteiger partial charge in [-0.15, -0.1) is 0 Å². The number of nitrogens with zero attached hydrogens (tertiary/aromatic N) is 1. The van der Waals surface area contributed by atoms with Gasteiger partial charge < -0.3 is 5.11 Å². The number of halogens is 3. The van der Waals surface area contributed by atoms with Gasteiger partial charge in [0, 0.05) is 13.1 Å². The van der Waals surface area contributed by atoms with E-state index in [1.807, 2.05) is 24.3 Å². The number of rotatable bonds is 3. The first-order chi connectivity index (χ1) is 11.4. The van der Waals surface area contributed by atoms with Gasteiger partial charge in [0.25, 0.3) is 0 Å². The molecule has 0 aliphatic carbocycles. The molecule has 1 heterocycles. The molecular weight excluding hydrogens is 319 g/mol. The number of fused-ring (bicyclic) bond motifs is 1. The lowest BCUT2D eigenvalue weighted by Gasteiger charge is -2.34. The Bertz CT molecular complexity index is 758. The van der Waals surface area contributed by atoms with E-state index < -0.39 is 23.8 Å². The van der Waals surface area contributed by atoms with Gasteiger partial charge >= 0.3 is 12.1 Å². The molecule has 0 fully saturated rings. The Morgan fingerprint density at radius 3 is 2.33 bits per heavy atom. The second kappa shape index (κ2) is 6.28. The monoisotopic (exact) mass is 335 g/mol. The molecule has 0 bridgehead atoms. The van der Waals surface area contributed by atoms with E-state index >= 15 is 0 Å². The summed E-state index contributed by atoms with van der Waals surface area (Å²) in [7, 11) is 0. The highest BCUT2D eigenvalue weighted by atomic mass is 19.4. The maximum Gasteiger partial charge on any atom is 0.416 e. The number of hydrogen-bond acceptors (Lipinski definition) is 2. The van der Waals surface area contributed by atoms with Crippen LogP contribution in [0.3, 0.4) is 0 Å². The topological polar surface area (TPSA) is 40.5 Å². The maximum absolute atomic E-state index is 13.3. The van der Waals surface area contributed by atoms with Crippen molar-refractivity contribution in [1.82, 2.24) is 4.90 Å². The summed E-state index contributed by atoms with van der Waals surface area (Å²) in [5, 5.41) is 9.61. The molecule has 0 amide bonds. The predicted molar refractivity (Wildman–Crippen MR) is 82.4 cm³/mol. The Morgan fingerprint density at radius 1 is 1.04 bits per heavy atom. The highest BCUT2D eigenvalue weighted by Gasteiger charge is 2.39. The van der Waals surface area contributed by atoms with E-state index in [1.54, 1.807) is 4.90 Å². The Balaban J connectivity index is 2.00. The number of carboxylic acids is 1. The van der Waals surface area contributed by atoms with Gasteiger partial charge in [-0.25, -0.2) is 0 Å². The Hall–Kier alpha value is -2.34. The lowest BCUT2D eigenvalue weighted by atomic mass is 9.94. The van der Waals surface area contributed by atoms with Gasteiger partial charge in [0.2, 0.25) is 0 Å². The molecule has 0 radical (unpaired) electrons. The molecule has 1 N–H and O–H groups in total. The fourth-order valence-corrected chi connectivity index (χ4v) is 3.22. The molecule has 0 spiro atoms. The molecule has 0 saturated heterocycles. The van der Waals surface area contributed by atoms with Crippen LogP contribution < -0.4 is 0 Å². The summed E-state index contributed by atoms with van der Waals surface area (Å²) in [6.07, 6.45) is -3.97. The molecule has 1 unspecified atom stereocenters. The fourth-order valence-electron chi connectivity index (χ4n) is 3.22. The molecule has 6 heteroatoms. The Labute approximate surface area is 137 Å². The number of carboxylic acid groups (broad SMARTS) is 1. The largest absolute Gasteiger partial charge is 0.480 e. The number of hydrogen-bond donors (Lipinski definition) is 1. The van der Waals surface area contributed by atoms with Crippen molar-refractivity contribution >= 4 is 5.97 Å². The summed E-state index contributed by atoms with van der Waals surface area (Å²) >= 11 is 0. The van der Waals surface area contributed by atoms with Crippen LogP contribution in [0.2, 0.25) is 0 Å². The summed E-state index contributed by atoms with van der Waals surface area (Å²) in [5.41, 5.74) is 0.967. The van der Waals surface area contributed by atoms with E-state index in [2.05, 4.69) is 0 Å². The number of carbonyl (C=O) groups is 1. The smallest absolute Gasteiger partial charge is 0.416 e. The van der Waals surface area contributed by atoms with E-state index in [0.29, 0.717) is 19.5 Å². The highest BCUT2D eigenvalue weighted by Crippen LogP contribution is 2.37. The molecule has 2 aromatic rings. The summed E-state index contributed by atoms with van der Waals surface area (Å²) in [5.74, 6) is -1.27. The molecule has 24 heavy (non-hydrogen) atoms. The fraction of sp³-hybridized carbons (Fsp3) is 0.278. The minimum Gasteiger partial charge on any atom is -0.480 e. The minimum absolute atomic E-state index is 0.211. The SMILES string of the molecule is O=C(O)C(c1ccccc1C(F)(F)F)N1CCc2ccccc2C1. The molecule has 1 atom stereocenters. The first-order valence-electron chi connectivity index (χ1n) is 7.57. The zero-order valence-electron chi connectivity index (χ0n) is 12.8. The van der Waals surface area contributed by atoms with Crippen molar-refractivity contribution in [3.05, 3.63) is 70.8 Å². The van der Waals surface area contributed by atoms with E-state index in [-0.39, 0.29) is 5.56 Å². The van der Waals surface area contributed by atoms with E-state index in [9.17, 15) is 23.1 Å². The second-order valence-electron chi connectivity index (χ2n) is 5.81. The lowest BCUT2D eigenvalue weighted by Crippen LogP contribution is -2.39. The average molecular weight is 335 g/mol. The van der Waals surface area contributed by atoms with Crippen molar-refractivity contribution < 1.29 is 23.1 Å². The van der Waals surface area contributed by atoms with Crippen LogP contribution in [0.25, 0.3) is 0 Å². The molecule has 2 aromatic carbocycles. The van der Waals surface area contributed by atoms with Crippen LogP contribution in [-0.2, 0) is 23.9 Å². The van der Waals surface area contributed by atoms with Gasteiger partial charge in [-0.2, -0.15) is 13.2 Å².